The van der Waals surface area contributed by atoms with Crippen LogP contribution < -0.4 is 9.47 Å². The van der Waals surface area contributed by atoms with Crippen molar-refractivity contribution in [3.63, 3.8) is 0 Å². The average molecular weight is 287 g/mol. The Bertz CT molecular complexity index is 623. The van der Waals surface area contributed by atoms with Gasteiger partial charge in [-0.05, 0) is 31.2 Å². The van der Waals surface area contributed by atoms with Crippen molar-refractivity contribution >= 4 is 5.97 Å². The number of carbonyl (C=O) groups is 1. The summed E-state index contributed by atoms with van der Waals surface area (Å²) in [5.74, 6) is 0.840. The molecule has 0 atom stereocenters. The van der Waals surface area contributed by atoms with Gasteiger partial charge in [0.25, 0.3) is 0 Å². The van der Waals surface area contributed by atoms with E-state index in [-0.39, 0.29) is 5.69 Å². The topological polar surface area (TPSA) is 57.7 Å². The second kappa shape index (κ2) is 6.74. The third-order valence-electron chi connectivity index (χ3n) is 2.89. The maximum atomic E-state index is 11.6. The fraction of sp³-hybridized carbons (Fsp3) is 0.250. The van der Waals surface area contributed by atoms with Crippen molar-refractivity contribution in [1.82, 2.24) is 4.98 Å². The number of hydrogen-bond donors (Lipinski definition) is 0. The predicted octanol–water partition coefficient (Wildman–Crippen LogP) is 2.94. The highest BCUT2D eigenvalue weighted by atomic mass is 16.5. The Labute approximate surface area is 123 Å². The first-order valence-corrected chi connectivity index (χ1v) is 6.55. The van der Waals surface area contributed by atoms with Crippen LogP contribution in [0.4, 0.5) is 0 Å². The minimum absolute atomic E-state index is 0.209. The molecule has 0 saturated carbocycles. The summed E-state index contributed by atoms with van der Waals surface area (Å²) in [5.41, 5.74) is 1.71. The van der Waals surface area contributed by atoms with Crippen LogP contribution in [0.3, 0.4) is 0 Å². The van der Waals surface area contributed by atoms with Gasteiger partial charge in [-0.1, -0.05) is 0 Å². The lowest BCUT2D eigenvalue weighted by Gasteiger charge is -2.08. The Morgan fingerprint density at radius 2 is 1.81 bits per heavy atom. The molecule has 0 aliphatic rings. The number of methoxy groups -OCH3 is 2. The van der Waals surface area contributed by atoms with Crippen molar-refractivity contribution in [3.8, 4) is 22.8 Å². The van der Waals surface area contributed by atoms with Gasteiger partial charge in [-0.15, -0.1) is 0 Å². The lowest BCUT2D eigenvalue weighted by molar-refractivity contribution is 0.0593. The molecule has 1 aromatic heterocycles. The van der Waals surface area contributed by atoms with Crippen LogP contribution in [0.5, 0.6) is 11.5 Å². The Kier molecular flexibility index (Phi) is 4.77. The van der Waals surface area contributed by atoms with Crippen LogP contribution in [0.15, 0.2) is 36.4 Å². The van der Waals surface area contributed by atoms with E-state index in [1.54, 1.807) is 19.2 Å². The SMILES string of the molecule is CCOc1ccc(-c2cc(OC)cc(C(=O)OC)n2)cc1. The van der Waals surface area contributed by atoms with Crippen LogP contribution in [0, 0.1) is 0 Å². The van der Waals surface area contributed by atoms with Crippen LogP contribution >= 0.6 is 0 Å². The molecular weight excluding hydrogens is 270 g/mol. The number of rotatable bonds is 5. The Morgan fingerprint density at radius 3 is 2.38 bits per heavy atom. The van der Waals surface area contributed by atoms with E-state index >= 15 is 0 Å². The molecule has 5 nitrogen and oxygen atoms in total. The Balaban J connectivity index is 2.39. The highest BCUT2D eigenvalue weighted by Crippen LogP contribution is 2.25. The van der Waals surface area contributed by atoms with Gasteiger partial charge in [0.05, 0.1) is 26.5 Å². The maximum Gasteiger partial charge on any atom is 0.356 e. The third-order valence-corrected chi connectivity index (χ3v) is 2.89. The smallest absolute Gasteiger partial charge is 0.356 e. The number of carbonyl (C=O) groups excluding carboxylic acids is 1. The number of hydrogen-bond acceptors (Lipinski definition) is 5. The van der Waals surface area contributed by atoms with Gasteiger partial charge >= 0.3 is 5.97 Å². The van der Waals surface area contributed by atoms with Gasteiger partial charge in [0.15, 0.2) is 5.69 Å². The molecule has 1 heterocycles. The van der Waals surface area contributed by atoms with E-state index in [1.165, 1.54) is 7.11 Å². The molecule has 0 aliphatic heterocycles. The monoisotopic (exact) mass is 287 g/mol. The third kappa shape index (κ3) is 3.51. The standard InChI is InChI=1S/C16H17NO4/c1-4-21-12-7-5-11(6-8-12)14-9-13(19-2)10-15(17-14)16(18)20-3/h5-10H,4H2,1-3H3. The fourth-order valence-electron chi connectivity index (χ4n) is 1.87. The molecule has 0 fully saturated rings. The molecule has 0 spiro atoms. The second-order valence-corrected chi connectivity index (χ2v) is 4.23. The number of ether oxygens (including phenoxy) is 3. The Hall–Kier alpha value is -2.56. The summed E-state index contributed by atoms with van der Waals surface area (Å²) >= 11 is 0. The van der Waals surface area contributed by atoms with Crippen molar-refractivity contribution in [1.29, 1.82) is 0 Å². The minimum Gasteiger partial charge on any atom is -0.497 e. The van der Waals surface area contributed by atoms with Crippen molar-refractivity contribution in [2.24, 2.45) is 0 Å². The van der Waals surface area contributed by atoms with Gasteiger partial charge in [0.1, 0.15) is 11.5 Å². The van der Waals surface area contributed by atoms with Crippen molar-refractivity contribution in [2.75, 3.05) is 20.8 Å². The van der Waals surface area contributed by atoms with Gasteiger partial charge < -0.3 is 14.2 Å². The molecule has 0 N–H and O–H groups in total. The average Bonchev–Trinajstić information content (AvgIpc) is 2.54. The van der Waals surface area contributed by atoms with Gasteiger partial charge in [-0.3, -0.25) is 0 Å². The minimum atomic E-state index is -0.499. The maximum absolute atomic E-state index is 11.6. The van der Waals surface area contributed by atoms with Crippen molar-refractivity contribution in [2.45, 2.75) is 6.92 Å². The molecule has 21 heavy (non-hydrogen) atoms. The molecule has 0 radical (unpaired) electrons. The highest BCUT2D eigenvalue weighted by molar-refractivity contribution is 5.88. The Morgan fingerprint density at radius 1 is 1.10 bits per heavy atom. The van der Waals surface area contributed by atoms with Gasteiger partial charge in [-0.2, -0.15) is 0 Å². The molecule has 0 saturated heterocycles. The van der Waals surface area contributed by atoms with Crippen LogP contribution in [0.25, 0.3) is 11.3 Å². The summed E-state index contributed by atoms with van der Waals surface area (Å²) in [6.07, 6.45) is 0. The summed E-state index contributed by atoms with van der Waals surface area (Å²) in [6.45, 7) is 2.55. The molecular formula is C16H17NO4. The van der Waals surface area contributed by atoms with E-state index in [4.69, 9.17) is 14.2 Å². The van der Waals surface area contributed by atoms with E-state index < -0.39 is 5.97 Å². The molecule has 2 rings (SSSR count). The first-order chi connectivity index (χ1) is 10.2. The summed E-state index contributed by atoms with van der Waals surface area (Å²) in [7, 11) is 2.86. The number of nitrogens with zero attached hydrogens (tertiary/aromatic N) is 1. The molecule has 0 amide bonds. The lowest BCUT2D eigenvalue weighted by atomic mass is 10.1. The highest BCUT2D eigenvalue weighted by Gasteiger charge is 2.12. The summed E-state index contributed by atoms with van der Waals surface area (Å²) in [4.78, 5) is 15.9. The predicted molar refractivity (Wildman–Crippen MR) is 78.7 cm³/mol. The van der Waals surface area contributed by atoms with E-state index in [2.05, 4.69) is 4.98 Å². The van der Waals surface area contributed by atoms with Crippen LogP contribution in [0.2, 0.25) is 0 Å². The largest absolute Gasteiger partial charge is 0.497 e. The van der Waals surface area contributed by atoms with Crippen molar-refractivity contribution in [3.05, 3.63) is 42.1 Å². The van der Waals surface area contributed by atoms with Gasteiger partial charge in [-0.25, -0.2) is 9.78 Å². The fourth-order valence-corrected chi connectivity index (χ4v) is 1.87. The first kappa shape index (κ1) is 14.8. The molecule has 0 unspecified atom stereocenters. The lowest BCUT2D eigenvalue weighted by Crippen LogP contribution is -2.05. The first-order valence-electron chi connectivity index (χ1n) is 6.55. The number of esters is 1. The molecule has 1 aromatic carbocycles. The number of aromatic nitrogens is 1. The summed E-state index contributed by atoms with van der Waals surface area (Å²) in [5, 5.41) is 0. The van der Waals surface area contributed by atoms with Crippen molar-refractivity contribution < 1.29 is 19.0 Å². The number of pyridine rings is 1. The van der Waals surface area contributed by atoms with E-state index in [0.29, 0.717) is 18.1 Å². The van der Waals surface area contributed by atoms with Crippen LogP contribution in [-0.4, -0.2) is 31.8 Å². The molecule has 0 bridgehead atoms. The van der Waals surface area contributed by atoms with Gasteiger partial charge in [0.2, 0.25) is 0 Å². The zero-order chi connectivity index (χ0) is 15.2. The number of benzene rings is 1. The summed E-state index contributed by atoms with van der Waals surface area (Å²) in [6, 6.07) is 10.8. The quantitative estimate of drug-likeness (QED) is 0.791. The van der Waals surface area contributed by atoms with E-state index in [9.17, 15) is 4.79 Å². The van der Waals surface area contributed by atoms with Crippen LogP contribution in [-0.2, 0) is 4.74 Å². The zero-order valence-electron chi connectivity index (χ0n) is 12.3. The molecule has 110 valence electrons. The normalized spacial score (nSPS) is 10.0. The van der Waals surface area contributed by atoms with Crippen LogP contribution in [0.1, 0.15) is 17.4 Å². The van der Waals surface area contributed by atoms with Gasteiger partial charge in [0, 0.05) is 17.7 Å². The zero-order valence-corrected chi connectivity index (χ0v) is 12.3. The molecule has 2 aromatic rings. The van der Waals surface area contributed by atoms with E-state index in [1.807, 2.05) is 31.2 Å². The summed E-state index contributed by atoms with van der Waals surface area (Å²) < 4.78 is 15.3. The van der Waals surface area contributed by atoms with E-state index in [0.717, 1.165) is 11.3 Å². The second-order valence-electron chi connectivity index (χ2n) is 4.23. The molecule has 0 aliphatic carbocycles. The molecule has 5 heteroatoms.